The van der Waals surface area contributed by atoms with Gasteiger partial charge in [-0.05, 0) is 61.7 Å². The number of hydrogen-bond donors (Lipinski definition) is 2. The molecule has 0 radical (unpaired) electrons. The molecule has 0 bridgehead atoms. The molecule has 0 unspecified atom stereocenters. The van der Waals surface area contributed by atoms with E-state index in [1.54, 1.807) is 31.3 Å². The summed E-state index contributed by atoms with van der Waals surface area (Å²) in [7, 11) is -3.80. The molecule has 1 fully saturated rings. The number of benzene rings is 2. The van der Waals surface area contributed by atoms with Gasteiger partial charge in [-0.1, -0.05) is 11.6 Å². The number of sulfonamides is 1. The summed E-state index contributed by atoms with van der Waals surface area (Å²) < 4.78 is 41.1. The SMILES string of the molecule is Cc1cc(-c2cnc(-c3ccc(Cl)c(S(=O)(=O)N4CCC(O)CC4)c3)[nH]2)ccc1F. The van der Waals surface area contributed by atoms with Crippen LogP contribution in [0.4, 0.5) is 4.39 Å². The summed E-state index contributed by atoms with van der Waals surface area (Å²) in [5, 5.41) is 9.79. The van der Waals surface area contributed by atoms with Crippen LogP contribution in [0.15, 0.2) is 47.5 Å². The van der Waals surface area contributed by atoms with Crippen LogP contribution in [0.25, 0.3) is 22.6 Å². The van der Waals surface area contributed by atoms with Crippen LogP contribution in [0.3, 0.4) is 0 Å². The third-order valence-corrected chi connectivity index (χ3v) is 7.67. The fourth-order valence-corrected chi connectivity index (χ4v) is 5.47. The van der Waals surface area contributed by atoms with Gasteiger partial charge in [0.25, 0.3) is 0 Å². The first-order chi connectivity index (χ1) is 14.3. The van der Waals surface area contributed by atoms with Crippen LogP contribution in [-0.2, 0) is 10.0 Å². The second kappa shape index (κ2) is 8.11. The van der Waals surface area contributed by atoms with Crippen molar-refractivity contribution in [1.82, 2.24) is 14.3 Å². The standard InChI is InChI=1S/C21H21ClFN3O3S/c1-13-10-14(3-5-18(13)23)19-12-24-21(25-19)15-2-4-17(22)20(11-15)30(28,29)26-8-6-16(27)7-9-26/h2-5,10-12,16,27H,6-9H2,1H3,(H,24,25). The first-order valence-electron chi connectivity index (χ1n) is 9.55. The quantitative estimate of drug-likeness (QED) is 0.630. The summed E-state index contributed by atoms with van der Waals surface area (Å²) in [6, 6.07) is 9.50. The minimum Gasteiger partial charge on any atom is -0.393 e. The Balaban J connectivity index is 1.67. The van der Waals surface area contributed by atoms with Crippen molar-refractivity contribution in [2.45, 2.75) is 30.8 Å². The molecule has 4 rings (SSSR count). The first kappa shape index (κ1) is 21.0. The van der Waals surface area contributed by atoms with E-state index in [9.17, 15) is 17.9 Å². The molecule has 1 aromatic heterocycles. The molecule has 0 spiro atoms. The average molecular weight is 450 g/mol. The number of aromatic amines is 1. The lowest BCUT2D eigenvalue weighted by Gasteiger charge is -2.29. The average Bonchev–Trinajstić information content (AvgIpc) is 3.21. The highest BCUT2D eigenvalue weighted by Gasteiger charge is 2.30. The fraction of sp³-hybridized carbons (Fsp3) is 0.286. The highest BCUT2D eigenvalue weighted by molar-refractivity contribution is 7.89. The van der Waals surface area contributed by atoms with Gasteiger partial charge >= 0.3 is 0 Å². The van der Waals surface area contributed by atoms with E-state index in [1.807, 2.05) is 0 Å². The largest absolute Gasteiger partial charge is 0.393 e. The van der Waals surface area contributed by atoms with E-state index in [4.69, 9.17) is 11.6 Å². The van der Waals surface area contributed by atoms with Gasteiger partial charge in [-0.15, -0.1) is 0 Å². The van der Waals surface area contributed by atoms with Crippen LogP contribution in [0.2, 0.25) is 5.02 Å². The highest BCUT2D eigenvalue weighted by atomic mass is 35.5. The molecule has 0 aliphatic carbocycles. The smallest absolute Gasteiger partial charge is 0.244 e. The van der Waals surface area contributed by atoms with Crippen molar-refractivity contribution < 1.29 is 17.9 Å². The third kappa shape index (κ3) is 4.00. The minimum atomic E-state index is -3.80. The number of nitrogens with one attached hydrogen (secondary N) is 1. The molecule has 2 N–H and O–H groups in total. The van der Waals surface area contributed by atoms with Crippen LogP contribution < -0.4 is 0 Å². The van der Waals surface area contributed by atoms with Crippen LogP contribution >= 0.6 is 11.6 Å². The maximum atomic E-state index is 13.5. The van der Waals surface area contributed by atoms with E-state index in [0.717, 1.165) is 5.56 Å². The first-order valence-corrected chi connectivity index (χ1v) is 11.4. The summed E-state index contributed by atoms with van der Waals surface area (Å²) in [5.41, 5.74) is 2.56. The lowest BCUT2D eigenvalue weighted by Crippen LogP contribution is -2.40. The Kier molecular flexibility index (Phi) is 5.67. The lowest BCUT2D eigenvalue weighted by molar-refractivity contribution is 0.113. The molecule has 3 aromatic rings. The molecule has 6 nitrogen and oxygen atoms in total. The number of imidazole rings is 1. The summed E-state index contributed by atoms with van der Waals surface area (Å²) in [4.78, 5) is 7.52. The number of aliphatic hydroxyl groups is 1. The molecule has 0 saturated carbocycles. The van der Waals surface area contributed by atoms with Crippen molar-refractivity contribution in [3.63, 3.8) is 0 Å². The van der Waals surface area contributed by atoms with E-state index >= 15 is 0 Å². The Bertz CT molecular complexity index is 1190. The zero-order valence-electron chi connectivity index (χ0n) is 16.3. The predicted molar refractivity (Wildman–Crippen MR) is 113 cm³/mol. The molecule has 1 saturated heterocycles. The Hall–Kier alpha value is -2.26. The Morgan fingerprint density at radius 1 is 1.17 bits per heavy atom. The number of H-pyrrole nitrogens is 1. The van der Waals surface area contributed by atoms with Crippen LogP contribution in [0, 0.1) is 12.7 Å². The van der Waals surface area contributed by atoms with E-state index in [2.05, 4.69) is 9.97 Å². The van der Waals surface area contributed by atoms with Gasteiger partial charge in [0.05, 0.1) is 23.0 Å². The van der Waals surface area contributed by atoms with E-state index in [0.29, 0.717) is 35.5 Å². The molecule has 1 aliphatic rings. The summed E-state index contributed by atoms with van der Waals surface area (Å²) >= 11 is 6.23. The molecule has 1 aliphatic heterocycles. The molecular formula is C21H21ClFN3O3S. The number of rotatable bonds is 4. The Morgan fingerprint density at radius 3 is 2.57 bits per heavy atom. The summed E-state index contributed by atoms with van der Waals surface area (Å²) in [5.74, 6) is 0.199. The van der Waals surface area contributed by atoms with Crippen molar-refractivity contribution >= 4 is 21.6 Å². The molecule has 0 atom stereocenters. The summed E-state index contributed by atoms with van der Waals surface area (Å²) in [6.45, 7) is 2.18. The van der Waals surface area contributed by atoms with Crippen molar-refractivity contribution in [2.24, 2.45) is 0 Å². The summed E-state index contributed by atoms with van der Waals surface area (Å²) in [6.07, 6.45) is 1.94. The molecule has 9 heteroatoms. The fourth-order valence-electron chi connectivity index (χ4n) is 3.50. The maximum absolute atomic E-state index is 13.5. The van der Waals surface area contributed by atoms with Gasteiger partial charge in [0.15, 0.2) is 0 Å². The number of hydrogen-bond acceptors (Lipinski definition) is 4. The number of aromatic nitrogens is 2. The van der Waals surface area contributed by atoms with Gasteiger partial charge in [-0.3, -0.25) is 0 Å². The highest BCUT2D eigenvalue weighted by Crippen LogP contribution is 2.31. The maximum Gasteiger partial charge on any atom is 0.244 e. The minimum absolute atomic E-state index is 0.00799. The normalized spacial score (nSPS) is 16.1. The van der Waals surface area contributed by atoms with Crippen molar-refractivity contribution in [3.8, 4) is 22.6 Å². The molecule has 0 amide bonds. The molecule has 2 aromatic carbocycles. The van der Waals surface area contributed by atoms with Gasteiger partial charge in [-0.2, -0.15) is 4.31 Å². The van der Waals surface area contributed by atoms with Gasteiger partial charge < -0.3 is 10.1 Å². The Labute approximate surface area is 179 Å². The van der Waals surface area contributed by atoms with Gasteiger partial charge in [0.2, 0.25) is 10.0 Å². The van der Waals surface area contributed by atoms with E-state index < -0.39 is 16.1 Å². The number of nitrogens with zero attached hydrogens (tertiary/aromatic N) is 2. The number of halogens is 2. The van der Waals surface area contributed by atoms with Crippen molar-refractivity contribution in [2.75, 3.05) is 13.1 Å². The molecule has 30 heavy (non-hydrogen) atoms. The second-order valence-corrected chi connectivity index (χ2v) is 9.70. The van der Waals surface area contributed by atoms with E-state index in [1.165, 1.54) is 22.5 Å². The van der Waals surface area contributed by atoms with E-state index in [-0.39, 0.29) is 28.8 Å². The second-order valence-electron chi connectivity index (χ2n) is 7.39. The number of aliphatic hydroxyl groups excluding tert-OH is 1. The predicted octanol–water partition coefficient (Wildman–Crippen LogP) is 3.99. The van der Waals surface area contributed by atoms with Crippen LogP contribution in [-0.4, -0.2) is 47.0 Å². The third-order valence-electron chi connectivity index (χ3n) is 5.29. The van der Waals surface area contributed by atoms with Gasteiger partial charge in [-0.25, -0.2) is 17.8 Å². The van der Waals surface area contributed by atoms with Gasteiger partial charge in [0.1, 0.15) is 16.5 Å². The van der Waals surface area contributed by atoms with Crippen LogP contribution in [0.1, 0.15) is 18.4 Å². The number of aryl methyl sites for hydroxylation is 1. The number of piperidine rings is 1. The monoisotopic (exact) mass is 449 g/mol. The topological polar surface area (TPSA) is 86.3 Å². The molecule has 2 heterocycles. The van der Waals surface area contributed by atoms with Gasteiger partial charge in [0, 0.05) is 24.2 Å². The van der Waals surface area contributed by atoms with Crippen molar-refractivity contribution in [3.05, 3.63) is 59.0 Å². The molecular weight excluding hydrogens is 429 g/mol. The zero-order valence-corrected chi connectivity index (χ0v) is 17.8. The zero-order chi connectivity index (χ0) is 21.5. The lowest BCUT2D eigenvalue weighted by atomic mass is 10.1. The van der Waals surface area contributed by atoms with Crippen molar-refractivity contribution in [1.29, 1.82) is 0 Å². The molecule has 158 valence electrons. The Morgan fingerprint density at radius 2 is 1.87 bits per heavy atom. The van der Waals surface area contributed by atoms with Crippen LogP contribution in [0.5, 0.6) is 0 Å².